The van der Waals surface area contributed by atoms with E-state index in [9.17, 15) is 9.59 Å². The SMILES string of the molecule is COCCn1c(C)nc2sc(C(=O)OCc3ccccc3)c(C)c2c1=O. The van der Waals surface area contributed by atoms with Crippen molar-refractivity contribution < 1.29 is 14.3 Å². The van der Waals surface area contributed by atoms with Crippen LogP contribution in [-0.4, -0.2) is 29.2 Å². The summed E-state index contributed by atoms with van der Waals surface area (Å²) in [4.78, 5) is 30.8. The van der Waals surface area contributed by atoms with Crippen molar-refractivity contribution in [3.05, 3.63) is 62.5 Å². The first-order valence-corrected chi connectivity index (χ1v) is 9.05. The molecular formula is C19H20N2O4S. The summed E-state index contributed by atoms with van der Waals surface area (Å²) in [6.45, 7) is 4.57. The fourth-order valence-corrected chi connectivity index (χ4v) is 3.86. The van der Waals surface area contributed by atoms with Crippen LogP contribution in [0.15, 0.2) is 35.1 Å². The minimum Gasteiger partial charge on any atom is -0.457 e. The van der Waals surface area contributed by atoms with Crippen LogP contribution < -0.4 is 5.56 Å². The Morgan fingerprint density at radius 2 is 1.96 bits per heavy atom. The van der Waals surface area contributed by atoms with Gasteiger partial charge in [0.05, 0.1) is 18.5 Å². The minimum atomic E-state index is -0.435. The van der Waals surface area contributed by atoms with Gasteiger partial charge >= 0.3 is 5.97 Å². The number of benzene rings is 1. The molecule has 7 heteroatoms. The molecule has 0 aliphatic rings. The van der Waals surface area contributed by atoms with Gasteiger partial charge in [-0.25, -0.2) is 9.78 Å². The molecule has 136 valence electrons. The number of hydrogen-bond acceptors (Lipinski definition) is 6. The molecule has 0 N–H and O–H groups in total. The number of thiophene rings is 1. The Labute approximate surface area is 155 Å². The number of ether oxygens (including phenoxy) is 2. The highest BCUT2D eigenvalue weighted by atomic mass is 32.1. The Balaban J connectivity index is 1.92. The van der Waals surface area contributed by atoms with Crippen molar-refractivity contribution in [2.24, 2.45) is 0 Å². The largest absolute Gasteiger partial charge is 0.457 e. The molecule has 0 radical (unpaired) electrons. The van der Waals surface area contributed by atoms with E-state index in [1.807, 2.05) is 30.3 Å². The first-order chi connectivity index (χ1) is 12.5. The summed E-state index contributed by atoms with van der Waals surface area (Å²) in [6, 6.07) is 9.48. The lowest BCUT2D eigenvalue weighted by Gasteiger charge is -2.08. The van der Waals surface area contributed by atoms with Gasteiger partial charge in [0.2, 0.25) is 0 Å². The van der Waals surface area contributed by atoms with Crippen molar-refractivity contribution in [1.29, 1.82) is 0 Å². The number of carbonyl (C=O) groups excluding carboxylic acids is 1. The van der Waals surface area contributed by atoms with Crippen molar-refractivity contribution >= 4 is 27.5 Å². The number of methoxy groups -OCH3 is 1. The van der Waals surface area contributed by atoms with Crippen molar-refractivity contribution in [2.45, 2.75) is 27.0 Å². The van der Waals surface area contributed by atoms with E-state index in [0.717, 1.165) is 5.56 Å². The first-order valence-electron chi connectivity index (χ1n) is 8.23. The van der Waals surface area contributed by atoms with E-state index >= 15 is 0 Å². The Kier molecular flexibility index (Phi) is 5.49. The predicted molar refractivity (Wildman–Crippen MR) is 101 cm³/mol. The molecule has 26 heavy (non-hydrogen) atoms. The first kappa shape index (κ1) is 18.3. The minimum absolute atomic E-state index is 0.152. The second-order valence-electron chi connectivity index (χ2n) is 5.91. The molecule has 0 amide bonds. The summed E-state index contributed by atoms with van der Waals surface area (Å²) in [5.41, 5.74) is 1.38. The smallest absolute Gasteiger partial charge is 0.349 e. The van der Waals surface area contributed by atoms with Gasteiger partial charge in [0.25, 0.3) is 5.56 Å². The molecule has 0 fully saturated rings. The Hall–Kier alpha value is -2.51. The van der Waals surface area contributed by atoms with Gasteiger partial charge in [0, 0.05) is 7.11 Å². The van der Waals surface area contributed by atoms with Crippen LogP contribution in [0.1, 0.15) is 26.6 Å². The lowest BCUT2D eigenvalue weighted by Crippen LogP contribution is -2.25. The lowest BCUT2D eigenvalue weighted by molar-refractivity contribution is 0.0478. The monoisotopic (exact) mass is 372 g/mol. The van der Waals surface area contributed by atoms with Crippen LogP contribution >= 0.6 is 11.3 Å². The van der Waals surface area contributed by atoms with Crippen LogP contribution in [-0.2, 0) is 22.6 Å². The molecule has 0 unspecified atom stereocenters. The van der Waals surface area contributed by atoms with E-state index in [0.29, 0.717) is 39.6 Å². The molecule has 0 bridgehead atoms. The molecule has 6 nitrogen and oxygen atoms in total. The van der Waals surface area contributed by atoms with Crippen LogP contribution in [0.25, 0.3) is 10.2 Å². The van der Waals surface area contributed by atoms with E-state index in [2.05, 4.69) is 4.98 Å². The summed E-state index contributed by atoms with van der Waals surface area (Å²) in [6.07, 6.45) is 0. The molecule has 3 rings (SSSR count). The number of aryl methyl sites for hydroxylation is 2. The van der Waals surface area contributed by atoms with Crippen molar-refractivity contribution in [2.75, 3.05) is 13.7 Å². The molecule has 0 aliphatic heterocycles. The van der Waals surface area contributed by atoms with Gasteiger partial charge < -0.3 is 9.47 Å². The maximum Gasteiger partial charge on any atom is 0.349 e. The third kappa shape index (κ3) is 3.54. The van der Waals surface area contributed by atoms with Crippen LogP contribution in [0.3, 0.4) is 0 Å². The molecule has 0 saturated carbocycles. The van der Waals surface area contributed by atoms with Crippen LogP contribution in [0, 0.1) is 13.8 Å². The van der Waals surface area contributed by atoms with E-state index < -0.39 is 5.97 Å². The summed E-state index contributed by atoms with van der Waals surface area (Å²) >= 11 is 1.20. The molecule has 2 aromatic heterocycles. The maximum atomic E-state index is 12.8. The van der Waals surface area contributed by atoms with Gasteiger partial charge in [-0.2, -0.15) is 0 Å². The van der Waals surface area contributed by atoms with E-state index in [-0.39, 0.29) is 12.2 Å². The number of aromatic nitrogens is 2. The number of esters is 1. The predicted octanol–water partition coefficient (Wildman–Crippen LogP) is 3.08. The third-order valence-corrected chi connectivity index (χ3v) is 5.32. The highest BCUT2D eigenvalue weighted by Crippen LogP contribution is 2.28. The van der Waals surface area contributed by atoms with Crippen LogP contribution in [0.4, 0.5) is 0 Å². The molecule has 3 aromatic rings. The molecular weight excluding hydrogens is 352 g/mol. The maximum absolute atomic E-state index is 12.8. The molecule has 0 aliphatic carbocycles. The lowest BCUT2D eigenvalue weighted by atomic mass is 10.2. The van der Waals surface area contributed by atoms with E-state index in [4.69, 9.17) is 9.47 Å². The second-order valence-corrected chi connectivity index (χ2v) is 6.91. The van der Waals surface area contributed by atoms with Gasteiger partial charge in [-0.15, -0.1) is 11.3 Å². The number of hydrogen-bond donors (Lipinski definition) is 0. The standard InChI is InChI=1S/C19H20N2O4S/c1-12-15-17(20-13(2)21(18(15)22)9-10-24-3)26-16(12)19(23)25-11-14-7-5-4-6-8-14/h4-8H,9-11H2,1-3H3. The fraction of sp³-hybridized carbons (Fsp3) is 0.316. The molecule has 0 atom stereocenters. The number of fused-ring (bicyclic) bond motifs is 1. The molecule has 1 aromatic carbocycles. The average Bonchev–Trinajstić information content (AvgIpc) is 2.97. The fourth-order valence-electron chi connectivity index (χ4n) is 2.75. The Morgan fingerprint density at radius 3 is 2.65 bits per heavy atom. The van der Waals surface area contributed by atoms with Crippen molar-refractivity contribution in [3.63, 3.8) is 0 Å². The van der Waals surface area contributed by atoms with Crippen molar-refractivity contribution in [3.8, 4) is 0 Å². The van der Waals surface area contributed by atoms with Gasteiger partial charge in [0.1, 0.15) is 22.1 Å². The highest BCUT2D eigenvalue weighted by Gasteiger charge is 2.21. The molecule has 0 saturated heterocycles. The third-order valence-electron chi connectivity index (χ3n) is 4.16. The van der Waals surface area contributed by atoms with Gasteiger partial charge in [-0.1, -0.05) is 30.3 Å². The zero-order valence-electron chi connectivity index (χ0n) is 14.9. The van der Waals surface area contributed by atoms with Crippen LogP contribution in [0.5, 0.6) is 0 Å². The van der Waals surface area contributed by atoms with Crippen molar-refractivity contribution in [1.82, 2.24) is 9.55 Å². The zero-order valence-corrected chi connectivity index (χ0v) is 15.8. The van der Waals surface area contributed by atoms with Gasteiger partial charge in [-0.3, -0.25) is 9.36 Å². The normalized spacial score (nSPS) is 11.0. The summed E-state index contributed by atoms with van der Waals surface area (Å²) in [5, 5.41) is 0.475. The number of carbonyl (C=O) groups is 1. The van der Waals surface area contributed by atoms with Crippen LogP contribution in [0.2, 0.25) is 0 Å². The van der Waals surface area contributed by atoms with E-state index in [1.165, 1.54) is 11.3 Å². The highest BCUT2D eigenvalue weighted by molar-refractivity contribution is 7.20. The summed E-state index contributed by atoms with van der Waals surface area (Å²) in [7, 11) is 1.59. The summed E-state index contributed by atoms with van der Waals surface area (Å²) < 4.78 is 12.0. The number of rotatable bonds is 6. The van der Waals surface area contributed by atoms with Gasteiger partial charge in [-0.05, 0) is 25.0 Å². The van der Waals surface area contributed by atoms with E-state index in [1.54, 1.807) is 25.5 Å². The van der Waals surface area contributed by atoms with Gasteiger partial charge in [0.15, 0.2) is 0 Å². The second kappa shape index (κ2) is 7.80. The molecule has 0 spiro atoms. The topological polar surface area (TPSA) is 70.4 Å². The molecule has 2 heterocycles. The average molecular weight is 372 g/mol. The quantitative estimate of drug-likeness (QED) is 0.622. The Morgan fingerprint density at radius 1 is 1.23 bits per heavy atom. The zero-order chi connectivity index (χ0) is 18.7. The Bertz CT molecular complexity index is 992. The summed E-state index contributed by atoms with van der Waals surface area (Å²) in [5.74, 6) is 0.167. The number of nitrogens with zero attached hydrogens (tertiary/aromatic N) is 2.